The largest absolute Gasteiger partial charge is 0.377 e. The Morgan fingerprint density at radius 3 is 2.36 bits per heavy atom. The zero-order valence-electron chi connectivity index (χ0n) is 14.8. The highest BCUT2D eigenvalue weighted by molar-refractivity contribution is 14.0. The smallest absolute Gasteiger partial charge is 0.251 e. The number of aliphatic imine (C=N–C) groups is 1. The van der Waals surface area contributed by atoms with Crippen LogP contribution in [0.5, 0.6) is 0 Å². The van der Waals surface area contributed by atoms with Crippen molar-refractivity contribution in [3.63, 3.8) is 0 Å². The minimum atomic E-state index is -0.292. The van der Waals surface area contributed by atoms with Gasteiger partial charge in [-0.2, -0.15) is 0 Å². The molecule has 0 aliphatic carbocycles. The second-order valence-corrected chi connectivity index (χ2v) is 6.52. The summed E-state index contributed by atoms with van der Waals surface area (Å²) in [6.07, 6.45) is 0. The topological polar surface area (TPSA) is 74.8 Å². The van der Waals surface area contributed by atoms with E-state index in [0.29, 0.717) is 41.2 Å². The standard InChI is InChI=1S/C16H24Cl2N4O2.HI/c1-16(2,24-4)10-22-15(19-3)21-8-7-20-14(23)11-5-6-12(17)13(18)9-11;/h5-6,9H,7-8,10H2,1-4H3,(H,20,23)(H2,19,21,22);1H. The van der Waals surface area contributed by atoms with Crippen molar-refractivity contribution >= 4 is 59.0 Å². The second-order valence-electron chi connectivity index (χ2n) is 5.70. The van der Waals surface area contributed by atoms with Crippen molar-refractivity contribution < 1.29 is 9.53 Å². The maximum atomic E-state index is 12.0. The molecule has 0 saturated carbocycles. The number of carbonyl (C=O) groups excluding carboxylic acids is 1. The predicted octanol–water partition coefficient (Wildman–Crippen LogP) is 2.93. The van der Waals surface area contributed by atoms with E-state index in [9.17, 15) is 4.79 Å². The summed E-state index contributed by atoms with van der Waals surface area (Å²) >= 11 is 11.7. The van der Waals surface area contributed by atoms with E-state index in [1.165, 1.54) is 0 Å². The summed E-state index contributed by atoms with van der Waals surface area (Å²) in [6.45, 7) is 5.53. The van der Waals surface area contributed by atoms with Crippen LogP contribution in [-0.4, -0.2) is 51.3 Å². The van der Waals surface area contributed by atoms with Crippen LogP contribution in [0, 0.1) is 0 Å². The highest BCUT2D eigenvalue weighted by atomic mass is 127. The molecule has 0 aliphatic heterocycles. The van der Waals surface area contributed by atoms with Gasteiger partial charge in [0.15, 0.2) is 5.96 Å². The number of hydrogen-bond donors (Lipinski definition) is 3. The number of rotatable bonds is 7. The van der Waals surface area contributed by atoms with Crippen molar-refractivity contribution in [2.75, 3.05) is 33.8 Å². The average Bonchev–Trinajstić information content (AvgIpc) is 2.56. The molecule has 0 aliphatic rings. The van der Waals surface area contributed by atoms with Gasteiger partial charge in [0.25, 0.3) is 5.91 Å². The number of guanidine groups is 1. The van der Waals surface area contributed by atoms with E-state index in [1.54, 1.807) is 32.4 Å². The van der Waals surface area contributed by atoms with Crippen LogP contribution in [0.25, 0.3) is 0 Å². The van der Waals surface area contributed by atoms with Crippen molar-refractivity contribution in [3.8, 4) is 0 Å². The lowest BCUT2D eigenvalue weighted by Crippen LogP contribution is -2.46. The number of benzene rings is 1. The molecule has 0 saturated heterocycles. The fourth-order valence-corrected chi connectivity index (χ4v) is 1.98. The number of nitrogens with one attached hydrogen (secondary N) is 3. The minimum absolute atomic E-state index is 0. The molecule has 9 heteroatoms. The Kier molecular flexibility index (Phi) is 11.4. The number of nitrogens with zero attached hydrogens (tertiary/aromatic N) is 1. The summed E-state index contributed by atoms with van der Waals surface area (Å²) in [5.41, 5.74) is 0.174. The number of halogens is 3. The van der Waals surface area contributed by atoms with E-state index < -0.39 is 0 Å². The summed E-state index contributed by atoms with van der Waals surface area (Å²) in [5, 5.41) is 9.85. The van der Waals surface area contributed by atoms with E-state index in [2.05, 4.69) is 20.9 Å². The van der Waals surface area contributed by atoms with Crippen molar-refractivity contribution in [2.24, 2.45) is 4.99 Å². The molecule has 1 amide bonds. The van der Waals surface area contributed by atoms with Crippen LogP contribution < -0.4 is 16.0 Å². The fourth-order valence-electron chi connectivity index (χ4n) is 1.69. The van der Waals surface area contributed by atoms with Gasteiger partial charge in [-0.1, -0.05) is 23.2 Å². The minimum Gasteiger partial charge on any atom is -0.377 e. The highest BCUT2D eigenvalue weighted by Gasteiger charge is 2.16. The number of amides is 1. The zero-order valence-corrected chi connectivity index (χ0v) is 18.6. The molecule has 0 fully saturated rings. The molecule has 0 heterocycles. The molecule has 0 aromatic heterocycles. The molecule has 6 nitrogen and oxygen atoms in total. The molecule has 0 unspecified atom stereocenters. The van der Waals surface area contributed by atoms with Crippen LogP contribution in [0.4, 0.5) is 0 Å². The number of carbonyl (C=O) groups is 1. The molecule has 0 spiro atoms. The Labute approximate surface area is 176 Å². The van der Waals surface area contributed by atoms with Crippen LogP contribution in [-0.2, 0) is 4.74 Å². The summed E-state index contributed by atoms with van der Waals surface area (Å²) in [5.74, 6) is 0.433. The number of methoxy groups -OCH3 is 1. The monoisotopic (exact) mass is 502 g/mol. The Morgan fingerprint density at radius 1 is 1.16 bits per heavy atom. The Bertz CT molecular complexity index is 597. The van der Waals surface area contributed by atoms with Crippen LogP contribution in [0.3, 0.4) is 0 Å². The molecule has 0 radical (unpaired) electrons. The first-order valence-electron chi connectivity index (χ1n) is 7.52. The Hall–Kier alpha value is -0.770. The zero-order chi connectivity index (χ0) is 18.2. The van der Waals surface area contributed by atoms with E-state index >= 15 is 0 Å². The molecule has 1 aromatic carbocycles. The fraction of sp³-hybridized carbons (Fsp3) is 0.500. The van der Waals surface area contributed by atoms with Crippen molar-refractivity contribution in [1.82, 2.24) is 16.0 Å². The van der Waals surface area contributed by atoms with Crippen LogP contribution >= 0.6 is 47.2 Å². The van der Waals surface area contributed by atoms with Crippen molar-refractivity contribution in [2.45, 2.75) is 19.4 Å². The van der Waals surface area contributed by atoms with Crippen molar-refractivity contribution in [3.05, 3.63) is 33.8 Å². The van der Waals surface area contributed by atoms with Gasteiger partial charge in [-0.25, -0.2) is 0 Å². The number of ether oxygens (including phenoxy) is 1. The summed E-state index contributed by atoms with van der Waals surface area (Å²) in [7, 11) is 3.35. The van der Waals surface area contributed by atoms with Gasteiger partial charge < -0.3 is 20.7 Å². The highest BCUT2D eigenvalue weighted by Crippen LogP contribution is 2.22. The van der Waals surface area contributed by atoms with Gasteiger partial charge in [0, 0.05) is 39.4 Å². The molecule has 0 atom stereocenters. The Balaban J connectivity index is 0.00000576. The van der Waals surface area contributed by atoms with Gasteiger partial charge in [-0.05, 0) is 32.0 Å². The Morgan fingerprint density at radius 2 is 1.80 bits per heavy atom. The van der Waals surface area contributed by atoms with Gasteiger partial charge in [0.2, 0.25) is 0 Å². The van der Waals surface area contributed by atoms with E-state index in [4.69, 9.17) is 27.9 Å². The van der Waals surface area contributed by atoms with E-state index in [1.807, 2.05) is 13.8 Å². The van der Waals surface area contributed by atoms with Crippen LogP contribution in [0.2, 0.25) is 10.0 Å². The number of hydrogen-bond acceptors (Lipinski definition) is 3. The first-order chi connectivity index (χ1) is 11.3. The van der Waals surface area contributed by atoms with Gasteiger partial charge in [0.05, 0.1) is 15.6 Å². The normalized spacial score (nSPS) is 11.5. The maximum Gasteiger partial charge on any atom is 0.251 e. The first-order valence-corrected chi connectivity index (χ1v) is 8.27. The second kappa shape index (κ2) is 11.8. The SMILES string of the molecule is CN=C(NCCNC(=O)c1ccc(Cl)c(Cl)c1)NCC(C)(C)OC.I. The lowest BCUT2D eigenvalue weighted by atomic mass is 10.1. The maximum absolute atomic E-state index is 12.0. The third-order valence-electron chi connectivity index (χ3n) is 3.34. The average molecular weight is 503 g/mol. The predicted molar refractivity (Wildman–Crippen MR) is 115 cm³/mol. The van der Waals surface area contributed by atoms with Crippen LogP contribution in [0.1, 0.15) is 24.2 Å². The van der Waals surface area contributed by atoms with Gasteiger partial charge in [-0.3, -0.25) is 9.79 Å². The summed E-state index contributed by atoms with van der Waals surface area (Å²) < 4.78 is 5.33. The molecule has 142 valence electrons. The van der Waals surface area contributed by atoms with Gasteiger partial charge >= 0.3 is 0 Å². The molecular formula is C16H25Cl2IN4O2. The molecule has 0 bridgehead atoms. The lowest BCUT2D eigenvalue weighted by molar-refractivity contribution is 0.0268. The van der Waals surface area contributed by atoms with E-state index in [0.717, 1.165) is 0 Å². The third kappa shape index (κ3) is 8.94. The molecular weight excluding hydrogens is 478 g/mol. The lowest BCUT2D eigenvalue weighted by Gasteiger charge is -2.24. The third-order valence-corrected chi connectivity index (χ3v) is 4.08. The van der Waals surface area contributed by atoms with Gasteiger partial charge in [-0.15, -0.1) is 24.0 Å². The quantitative estimate of drug-likeness (QED) is 0.232. The van der Waals surface area contributed by atoms with Crippen LogP contribution in [0.15, 0.2) is 23.2 Å². The molecule has 25 heavy (non-hydrogen) atoms. The molecule has 1 aromatic rings. The summed E-state index contributed by atoms with van der Waals surface area (Å²) in [6, 6.07) is 4.77. The summed E-state index contributed by atoms with van der Waals surface area (Å²) in [4.78, 5) is 16.1. The molecule has 3 N–H and O–H groups in total. The molecule has 1 rings (SSSR count). The first kappa shape index (κ1) is 24.2. The van der Waals surface area contributed by atoms with E-state index in [-0.39, 0.29) is 35.5 Å². The van der Waals surface area contributed by atoms with Gasteiger partial charge in [0.1, 0.15) is 0 Å². The van der Waals surface area contributed by atoms with Crippen molar-refractivity contribution in [1.29, 1.82) is 0 Å².